The molecule has 0 aromatic rings. The topological polar surface area (TPSA) is 47.9 Å². The van der Waals surface area contributed by atoms with Crippen molar-refractivity contribution in [2.75, 3.05) is 6.54 Å². The second kappa shape index (κ2) is 7.11. The van der Waals surface area contributed by atoms with Crippen LogP contribution in [0.3, 0.4) is 0 Å². The first kappa shape index (κ1) is 13.8. The molecule has 0 aromatic carbocycles. The van der Waals surface area contributed by atoms with E-state index in [1.165, 1.54) is 45.1 Å². The van der Waals surface area contributed by atoms with Gasteiger partial charge in [0.15, 0.2) is 0 Å². The third-order valence-electron chi connectivity index (χ3n) is 4.71. The fourth-order valence-corrected chi connectivity index (χ4v) is 3.66. The lowest BCUT2D eigenvalue weighted by molar-refractivity contribution is 0.244. The standard InChI is InChI=1S/C15H27N3/c1-2-12(9-10-16)18-15-8-5-6-13(15)14-7-3-4-11-17-14/h12-15,17-18H,2-9,11H2,1H3. The molecule has 1 heterocycles. The number of nitriles is 1. The molecule has 2 fully saturated rings. The molecule has 1 aliphatic heterocycles. The highest BCUT2D eigenvalue weighted by Gasteiger charge is 2.34. The zero-order valence-electron chi connectivity index (χ0n) is 11.6. The van der Waals surface area contributed by atoms with Gasteiger partial charge in [-0.3, -0.25) is 0 Å². The van der Waals surface area contributed by atoms with Crippen molar-refractivity contribution in [2.45, 2.75) is 76.4 Å². The molecule has 102 valence electrons. The molecule has 0 radical (unpaired) electrons. The highest BCUT2D eigenvalue weighted by Crippen LogP contribution is 2.32. The maximum absolute atomic E-state index is 8.85. The molecule has 0 aromatic heterocycles. The summed E-state index contributed by atoms with van der Waals surface area (Å²) in [6, 6.07) is 4.06. The largest absolute Gasteiger partial charge is 0.314 e. The van der Waals surface area contributed by atoms with Crippen molar-refractivity contribution in [1.82, 2.24) is 10.6 Å². The van der Waals surface area contributed by atoms with E-state index in [4.69, 9.17) is 5.26 Å². The first-order chi connectivity index (χ1) is 8.85. The van der Waals surface area contributed by atoms with Crippen molar-refractivity contribution in [3.8, 4) is 6.07 Å². The molecule has 2 aliphatic rings. The summed E-state index contributed by atoms with van der Waals surface area (Å²) in [6.07, 6.45) is 9.79. The normalized spacial score (nSPS) is 34.1. The molecule has 18 heavy (non-hydrogen) atoms. The van der Waals surface area contributed by atoms with E-state index in [0.717, 1.165) is 18.4 Å². The summed E-state index contributed by atoms with van der Waals surface area (Å²) in [5, 5.41) is 16.3. The van der Waals surface area contributed by atoms with Gasteiger partial charge in [-0.05, 0) is 44.6 Å². The lowest BCUT2D eigenvalue weighted by Crippen LogP contribution is -2.49. The van der Waals surface area contributed by atoms with E-state index in [1.54, 1.807) is 0 Å². The van der Waals surface area contributed by atoms with Crippen LogP contribution in [0.4, 0.5) is 0 Å². The molecular formula is C15H27N3. The molecule has 1 aliphatic carbocycles. The van der Waals surface area contributed by atoms with E-state index in [-0.39, 0.29) is 0 Å². The van der Waals surface area contributed by atoms with E-state index in [0.29, 0.717) is 18.5 Å². The predicted molar refractivity (Wildman–Crippen MR) is 74.2 cm³/mol. The van der Waals surface area contributed by atoms with E-state index < -0.39 is 0 Å². The lowest BCUT2D eigenvalue weighted by Gasteiger charge is -2.34. The number of nitrogens with zero attached hydrogens (tertiary/aromatic N) is 1. The Morgan fingerprint density at radius 1 is 1.28 bits per heavy atom. The minimum atomic E-state index is 0.393. The van der Waals surface area contributed by atoms with Gasteiger partial charge in [0, 0.05) is 18.1 Å². The van der Waals surface area contributed by atoms with Crippen molar-refractivity contribution < 1.29 is 0 Å². The zero-order valence-corrected chi connectivity index (χ0v) is 11.6. The van der Waals surface area contributed by atoms with Crippen LogP contribution in [-0.4, -0.2) is 24.7 Å². The first-order valence-corrected chi connectivity index (χ1v) is 7.71. The van der Waals surface area contributed by atoms with Crippen LogP contribution in [0.5, 0.6) is 0 Å². The molecule has 3 heteroatoms. The Hall–Kier alpha value is -0.590. The van der Waals surface area contributed by atoms with Gasteiger partial charge in [0.25, 0.3) is 0 Å². The molecule has 4 unspecified atom stereocenters. The fraction of sp³-hybridized carbons (Fsp3) is 0.933. The average Bonchev–Trinajstić information content (AvgIpc) is 2.87. The van der Waals surface area contributed by atoms with Gasteiger partial charge >= 0.3 is 0 Å². The number of nitrogens with one attached hydrogen (secondary N) is 2. The van der Waals surface area contributed by atoms with Crippen LogP contribution in [0.15, 0.2) is 0 Å². The molecule has 1 saturated heterocycles. The zero-order chi connectivity index (χ0) is 12.8. The summed E-state index contributed by atoms with van der Waals surface area (Å²) in [7, 11) is 0. The molecule has 0 bridgehead atoms. The van der Waals surface area contributed by atoms with Gasteiger partial charge in [0.2, 0.25) is 0 Å². The average molecular weight is 249 g/mol. The maximum atomic E-state index is 8.85. The Morgan fingerprint density at radius 3 is 2.83 bits per heavy atom. The fourth-order valence-electron chi connectivity index (χ4n) is 3.66. The summed E-state index contributed by atoms with van der Waals surface area (Å²) in [6.45, 7) is 3.38. The molecule has 2 rings (SSSR count). The van der Waals surface area contributed by atoms with E-state index in [1.807, 2.05) is 0 Å². The second-order valence-electron chi connectivity index (χ2n) is 5.89. The molecule has 1 saturated carbocycles. The van der Waals surface area contributed by atoms with Crippen LogP contribution in [0.25, 0.3) is 0 Å². The molecule has 0 amide bonds. The monoisotopic (exact) mass is 249 g/mol. The highest BCUT2D eigenvalue weighted by molar-refractivity contribution is 4.94. The van der Waals surface area contributed by atoms with Gasteiger partial charge in [0.1, 0.15) is 0 Å². The minimum absolute atomic E-state index is 0.393. The molecule has 0 spiro atoms. The Bertz CT molecular complexity index is 278. The Balaban J connectivity index is 1.88. The van der Waals surface area contributed by atoms with Crippen molar-refractivity contribution in [3.63, 3.8) is 0 Å². The van der Waals surface area contributed by atoms with Crippen molar-refractivity contribution in [1.29, 1.82) is 5.26 Å². The number of piperidine rings is 1. The Labute approximate surface area is 111 Å². The third kappa shape index (κ3) is 3.46. The molecule has 4 atom stereocenters. The van der Waals surface area contributed by atoms with Gasteiger partial charge in [-0.15, -0.1) is 0 Å². The van der Waals surface area contributed by atoms with Gasteiger partial charge in [-0.2, -0.15) is 5.26 Å². The van der Waals surface area contributed by atoms with Gasteiger partial charge in [0.05, 0.1) is 12.5 Å². The number of rotatable bonds is 5. The first-order valence-electron chi connectivity index (χ1n) is 7.71. The predicted octanol–water partition coefficient (Wildman–Crippen LogP) is 2.58. The summed E-state index contributed by atoms with van der Waals surface area (Å²) in [5.74, 6) is 0.790. The van der Waals surface area contributed by atoms with Crippen LogP contribution < -0.4 is 10.6 Å². The van der Waals surface area contributed by atoms with Crippen LogP contribution in [0.2, 0.25) is 0 Å². The van der Waals surface area contributed by atoms with Crippen LogP contribution in [0, 0.1) is 17.2 Å². The molecule has 3 nitrogen and oxygen atoms in total. The summed E-state index contributed by atoms with van der Waals surface area (Å²) < 4.78 is 0. The van der Waals surface area contributed by atoms with E-state index >= 15 is 0 Å². The smallest absolute Gasteiger partial charge is 0.0638 e. The van der Waals surface area contributed by atoms with Crippen LogP contribution in [-0.2, 0) is 0 Å². The highest BCUT2D eigenvalue weighted by atomic mass is 15.0. The number of hydrogen-bond acceptors (Lipinski definition) is 3. The van der Waals surface area contributed by atoms with Crippen molar-refractivity contribution >= 4 is 0 Å². The summed E-state index contributed by atoms with van der Waals surface area (Å²) >= 11 is 0. The second-order valence-corrected chi connectivity index (χ2v) is 5.89. The minimum Gasteiger partial charge on any atom is -0.314 e. The number of hydrogen-bond donors (Lipinski definition) is 2. The van der Waals surface area contributed by atoms with Crippen molar-refractivity contribution in [2.24, 2.45) is 5.92 Å². The molecule has 2 N–H and O–H groups in total. The van der Waals surface area contributed by atoms with E-state index in [2.05, 4.69) is 23.6 Å². The Kier molecular flexibility index (Phi) is 5.46. The van der Waals surface area contributed by atoms with Crippen LogP contribution >= 0.6 is 0 Å². The van der Waals surface area contributed by atoms with Crippen molar-refractivity contribution in [3.05, 3.63) is 0 Å². The Morgan fingerprint density at radius 2 is 2.17 bits per heavy atom. The van der Waals surface area contributed by atoms with Gasteiger partial charge < -0.3 is 10.6 Å². The summed E-state index contributed by atoms with van der Waals surface area (Å²) in [5.41, 5.74) is 0. The lowest BCUT2D eigenvalue weighted by atomic mass is 9.88. The van der Waals surface area contributed by atoms with E-state index in [9.17, 15) is 0 Å². The summed E-state index contributed by atoms with van der Waals surface area (Å²) in [4.78, 5) is 0. The maximum Gasteiger partial charge on any atom is 0.0638 e. The quantitative estimate of drug-likeness (QED) is 0.787. The SMILES string of the molecule is CCC(CC#N)NC1CCCC1C1CCCCN1. The van der Waals surface area contributed by atoms with Gasteiger partial charge in [-0.25, -0.2) is 0 Å². The van der Waals surface area contributed by atoms with Crippen LogP contribution in [0.1, 0.15) is 58.3 Å². The van der Waals surface area contributed by atoms with Gasteiger partial charge in [-0.1, -0.05) is 19.8 Å². The molecular weight excluding hydrogens is 222 g/mol. The third-order valence-corrected chi connectivity index (χ3v) is 4.71.